The molecule has 3 aromatic rings. The topological polar surface area (TPSA) is 57.4 Å². The van der Waals surface area contributed by atoms with E-state index in [0.29, 0.717) is 6.04 Å². The second-order valence-corrected chi connectivity index (χ2v) is 9.60. The first kappa shape index (κ1) is 18.8. The van der Waals surface area contributed by atoms with Gasteiger partial charge < -0.3 is 16.0 Å². The second-order valence-electron chi connectivity index (χ2n) is 7.58. The van der Waals surface area contributed by atoms with Gasteiger partial charge in [-0.05, 0) is 36.6 Å². The average molecular weight is 424 g/mol. The maximum Gasteiger partial charge on any atom is 0.184 e. The molecule has 2 aliphatic rings. The summed E-state index contributed by atoms with van der Waals surface area (Å²) >= 11 is 3.49. The molecular weight excluding hydrogens is 398 g/mol. The predicted molar refractivity (Wildman–Crippen MR) is 123 cm³/mol. The number of nitrogen functional groups attached to an aromatic ring is 1. The lowest BCUT2D eigenvalue weighted by molar-refractivity contribution is 0.201. The zero-order valence-corrected chi connectivity index (χ0v) is 17.8. The van der Waals surface area contributed by atoms with Gasteiger partial charge in [-0.3, -0.25) is 4.90 Å². The Hall–Kier alpha value is -2.22. The number of hydrogen-bond acceptors (Lipinski definition) is 7. The highest BCUT2D eigenvalue weighted by Crippen LogP contribution is 2.46. The number of nitrogens with one attached hydrogen (secondary N) is 1. The molecule has 0 radical (unpaired) electrons. The van der Waals surface area contributed by atoms with Gasteiger partial charge in [0.25, 0.3) is 0 Å². The summed E-state index contributed by atoms with van der Waals surface area (Å²) in [4.78, 5) is 10.8. The van der Waals surface area contributed by atoms with Crippen molar-refractivity contribution in [2.24, 2.45) is 0 Å². The number of hydrogen-bond donors (Lipinski definition) is 2. The van der Waals surface area contributed by atoms with Crippen LogP contribution in [0.5, 0.6) is 0 Å². The van der Waals surface area contributed by atoms with Crippen molar-refractivity contribution in [3.8, 4) is 0 Å². The largest absolute Gasteiger partial charge is 0.399 e. The summed E-state index contributed by atoms with van der Waals surface area (Å²) in [6, 6.07) is 17.6. The standard InChI is InChI=1S/C22H25N5S2/c23-17-6-7-19-20(14-17)29-22(25-21-24-10-13-28-21)27(19)18-8-11-26(12-9-18)15-16-4-2-1-3-5-16/h1-7,10,13-14,18,22H,8-9,11-12,15,23H2,(H,24,25). The fourth-order valence-corrected chi connectivity index (χ4v) is 6.16. The first-order valence-corrected chi connectivity index (χ1v) is 11.8. The van der Waals surface area contributed by atoms with E-state index in [0.717, 1.165) is 43.3 Å². The van der Waals surface area contributed by atoms with Crippen LogP contribution in [-0.2, 0) is 6.54 Å². The smallest absolute Gasteiger partial charge is 0.184 e. The van der Waals surface area contributed by atoms with E-state index in [1.54, 1.807) is 11.3 Å². The van der Waals surface area contributed by atoms with Crippen molar-refractivity contribution in [2.75, 3.05) is 29.0 Å². The zero-order chi connectivity index (χ0) is 19.6. The Bertz CT molecular complexity index is 939. The van der Waals surface area contributed by atoms with Crippen molar-refractivity contribution < 1.29 is 0 Å². The molecule has 3 heterocycles. The number of anilines is 3. The summed E-state index contributed by atoms with van der Waals surface area (Å²) in [5.74, 6) is 0. The molecule has 29 heavy (non-hydrogen) atoms. The van der Waals surface area contributed by atoms with Gasteiger partial charge in [0.2, 0.25) is 0 Å². The predicted octanol–water partition coefficient (Wildman–Crippen LogP) is 4.70. The third-order valence-corrected chi connectivity index (χ3v) is 7.49. The molecule has 0 amide bonds. The molecule has 0 bridgehead atoms. The molecule has 1 atom stereocenters. The number of thioether (sulfide) groups is 1. The highest BCUT2D eigenvalue weighted by Gasteiger charge is 2.37. The molecule has 2 aliphatic heterocycles. The number of thiazole rings is 1. The lowest BCUT2D eigenvalue weighted by atomic mass is 10.0. The molecule has 0 spiro atoms. The zero-order valence-electron chi connectivity index (χ0n) is 16.2. The number of likely N-dealkylation sites (tertiary alicyclic amines) is 1. The summed E-state index contributed by atoms with van der Waals surface area (Å²) in [6.07, 6.45) is 4.17. The van der Waals surface area contributed by atoms with Gasteiger partial charge in [-0.25, -0.2) is 4.98 Å². The number of piperidine rings is 1. The average Bonchev–Trinajstić information content (AvgIpc) is 3.37. The Morgan fingerprint density at radius 2 is 1.93 bits per heavy atom. The molecule has 2 aromatic carbocycles. The molecule has 1 fully saturated rings. The Morgan fingerprint density at radius 1 is 1.10 bits per heavy atom. The third-order valence-electron chi connectivity index (χ3n) is 5.63. The Labute approximate surface area is 179 Å². The number of benzene rings is 2. The first-order valence-electron chi connectivity index (χ1n) is 10.0. The minimum absolute atomic E-state index is 0.156. The van der Waals surface area contributed by atoms with Crippen LogP contribution in [0.4, 0.5) is 16.5 Å². The fourth-order valence-electron chi connectivity index (χ4n) is 4.23. The summed E-state index contributed by atoms with van der Waals surface area (Å²) in [6.45, 7) is 3.28. The molecular formula is C22H25N5S2. The Morgan fingerprint density at radius 3 is 2.69 bits per heavy atom. The van der Waals surface area contributed by atoms with E-state index in [9.17, 15) is 0 Å². The van der Waals surface area contributed by atoms with E-state index < -0.39 is 0 Å². The van der Waals surface area contributed by atoms with Crippen LogP contribution in [0.2, 0.25) is 0 Å². The van der Waals surface area contributed by atoms with E-state index in [2.05, 4.69) is 62.6 Å². The highest BCUT2D eigenvalue weighted by molar-refractivity contribution is 8.00. The number of rotatable bonds is 5. The van der Waals surface area contributed by atoms with Gasteiger partial charge in [0.15, 0.2) is 10.6 Å². The van der Waals surface area contributed by atoms with Crippen molar-refractivity contribution in [1.29, 1.82) is 0 Å². The lowest BCUT2D eigenvalue weighted by Gasteiger charge is -2.40. The molecule has 150 valence electrons. The third kappa shape index (κ3) is 4.08. The number of nitrogens with zero attached hydrogens (tertiary/aromatic N) is 3. The molecule has 1 saturated heterocycles. The summed E-state index contributed by atoms with van der Waals surface area (Å²) < 4.78 is 0. The maximum atomic E-state index is 6.06. The van der Waals surface area contributed by atoms with Gasteiger partial charge in [0.1, 0.15) is 0 Å². The van der Waals surface area contributed by atoms with Crippen molar-refractivity contribution in [3.63, 3.8) is 0 Å². The van der Waals surface area contributed by atoms with Gasteiger partial charge >= 0.3 is 0 Å². The monoisotopic (exact) mass is 423 g/mol. The summed E-state index contributed by atoms with van der Waals surface area (Å²) in [5, 5.41) is 6.61. The fraction of sp³-hybridized carbons (Fsp3) is 0.318. The minimum atomic E-state index is 0.156. The van der Waals surface area contributed by atoms with Gasteiger partial charge in [0.05, 0.1) is 5.69 Å². The number of fused-ring (bicyclic) bond motifs is 1. The quantitative estimate of drug-likeness (QED) is 0.580. The van der Waals surface area contributed by atoms with Crippen molar-refractivity contribution in [3.05, 3.63) is 65.7 Å². The van der Waals surface area contributed by atoms with E-state index in [1.165, 1.54) is 16.1 Å². The van der Waals surface area contributed by atoms with Crippen LogP contribution in [0.15, 0.2) is 65.0 Å². The second kappa shape index (κ2) is 8.26. The van der Waals surface area contributed by atoms with Crippen LogP contribution in [0.3, 0.4) is 0 Å². The van der Waals surface area contributed by atoms with Crippen LogP contribution < -0.4 is 16.0 Å². The number of nitrogens with two attached hydrogens (primary N) is 1. The van der Waals surface area contributed by atoms with Crippen LogP contribution >= 0.6 is 23.1 Å². The lowest BCUT2D eigenvalue weighted by Crippen LogP contribution is -2.49. The molecule has 1 unspecified atom stereocenters. The van der Waals surface area contributed by atoms with Gasteiger partial charge in [-0.2, -0.15) is 0 Å². The summed E-state index contributed by atoms with van der Waals surface area (Å²) in [7, 11) is 0. The van der Waals surface area contributed by atoms with E-state index >= 15 is 0 Å². The van der Waals surface area contributed by atoms with E-state index in [1.807, 2.05) is 29.4 Å². The van der Waals surface area contributed by atoms with Crippen molar-refractivity contribution in [1.82, 2.24) is 9.88 Å². The van der Waals surface area contributed by atoms with E-state index in [4.69, 9.17) is 5.73 Å². The minimum Gasteiger partial charge on any atom is -0.399 e. The van der Waals surface area contributed by atoms with Crippen molar-refractivity contribution >= 4 is 39.6 Å². The van der Waals surface area contributed by atoms with Gasteiger partial charge in [-0.15, -0.1) is 11.3 Å². The Kier molecular flexibility index (Phi) is 5.35. The van der Waals surface area contributed by atoms with Crippen LogP contribution in [0.25, 0.3) is 0 Å². The molecule has 5 rings (SSSR count). The van der Waals surface area contributed by atoms with Gasteiger partial charge in [0, 0.05) is 47.8 Å². The molecule has 0 aliphatic carbocycles. The summed E-state index contributed by atoms with van der Waals surface area (Å²) in [5.41, 5.74) is 9.72. The molecule has 5 nitrogen and oxygen atoms in total. The Balaban J connectivity index is 1.31. The number of aromatic nitrogens is 1. The maximum absolute atomic E-state index is 6.06. The first-order chi connectivity index (χ1) is 14.3. The van der Waals surface area contributed by atoms with E-state index in [-0.39, 0.29) is 5.50 Å². The van der Waals surface area contributed by atoms with Crippen LogP contribution in [-0.4, -0.2) is 34.5 Å². The molecule has 1 aromatic heterocycles. The van der Waals surface area contributed by atoms with Crippen LogP contribution in [0.1, 0.15) is 18.4 Å². The highest BCUT2D eigenvalue weighted by atomic mass is 32.2. The van der Waals surface area contributed by atoms with Gasteiger partial charge in [-0.1, -0.05) is 42.1 Å². The molecule has 3 N–H and O–H groups in total. The molecule has 7 heteroatoms. The normalized spacial score (nSPS) is 20.0. The SMILES string of the molecule is Nc1ccc2c(c1)SC(Nc1nccs1)N2C1CCN(Cc2ccccc2)CC1. The van der Waals surface area contributed by atoms with Crippen molar-refractivity contribution in [2.45, 2.75) is 35.8 Å². The molecule has 0 saturated carbocycles. The van der Waals surface area contributed by atoms with Crippen LogP contribution in [0, 0.1) is 0 Å².